The van der Waals surface area contributed by atoms with E-state index < -0.39 is 12.1 Å². The molecule has 1 rings (SSSR count). The average Bonchev–Trinajstić information content (AvgIpc) is 2.43. The number of nitrogens with zero attached hydrogens (tertiary/aromatic N) is 1. The molecule has 0 bridgehead atoms. The number of carbonyl (C=O) groups is 2. The molecule has 0 saturated carbocycles. The van der Waals surface area contributed by atoms with Crippen LogP contribution in [0.1, 0.15) is 26.2 Å². The van der Waals surface area contributed by atoms with Gasteiger partial charge in [-0.25, -0.2) is 4.79 Å². The topological polar surface area (TPSA) is 99.5 Å². The molecular formula is C13H27N5O2. The standard InChI is InChI=1S/C13H27N5O2/c1-2-4-11(17-13(14)20)12(19)16-5-3-8-18-9-6-15-7-10-18/h11,15H,2-10H2,1H3,(H,16,19)(H3,14,17,20)/t11-/m1/s1. The molecule has 0 aromatic carbocycles. The quantitative estimate of drug-likeness (QED) is 0.440. The zero-order valence-corrected chi connectivity index (χ0v) is 12.3. The summed E-state index contributed by atoms with van der Waals surface area (Å²) < 4.78 is 0. The van der Waals surface area contributed by atoms with Gasteiger partial charge in [-0.3, -0.25) is 4.79 Å². The lowest BCUT2D eigenvalue weighted by Gasteiger charge is -2.27. The molecule has 0 spiro atoms. The summed E-state index contributed by atoms with van der Waals surface area (Å²) in [6.45, 7) is 7.78. The molecule has 5 N–H and O–H groups in total. The van der Waals surface area contributed by atoms with Crippen LogP contribution in [0.2, 0.25) is 0 Å². The molecule has 1 saturated heterocycles. The molecular weight excluding hydrogens is 258 g/mol. The molecule has 20 heavy (non-hydrogen) atoms. The molecule has 0 aromatic heterocycles. The maximum atomic E-state index is 11.9. The SMILES string of the molecule is CCC[C@@H](NC(N)=O)C(=O)NCCCN1CCNCC1. The van der Waals surface area contributed by atoms with Gasteiger partial charge in [-0.2, -0.15) is 0 Å². The van der Waals surface area contributed by atoms with E-state index >= 15 is 0 Å². The fraction of sp³-hybridized carbons (Fsp3) is 0.846. The number of hydrogen-bond acceptors (Lipinski definition) is 4. The van der Waals surface area contributed by atoms with Gasteiger partial charge in [0, 0.05) is 32.7 Å². The Kier molecular flexibility index (Phi) is 7.98. The van der Waals surface area contributed by atoms with Crippen molar-refractivity contribution in [2.45, 2.75) is 32.2 Å². The van der Waals surface area contributed by atoms with Crippen LogP contribution in [0.15, 0.2) is 0 Å². The summed E-state index contributed by atoms with van der Waals surface area (Å²) in [4.78, 5) is 25.1. The van der Waals surface area contributed by atoms with E-state index in [1.54, 1.807) is 0 Å². The Morgan fingerprint density at radius 1 is 1.35 bits per heavy atom. The van der Waals surface area contributed by atoms with E-state index in [0.717, 1.165) is 45.6 Å². The molecule has 1 aliphatic heterocycles. The number of amides is 3. The van der Waals surface area contributed by atoms with Gasteiger partial charge in [0.15, 0.2) is 0 Å². The third-order valence-corrected chi connectivity index (χ3v) is 3.37. The van der Waals surface area contributed by atoms with Crippen molar-refractivity contribution in [2.24, 2.45) is 5.73 Å². The number of piperazine rings is 1. The molecule has 0 radical (unpaired) electrons. The molecule has 116 valence electrons. The summed E-state index contributed by atoms with van der Waals surface area (Å²) >= 11 is 0. The predicted molar refractivity (Wildman–Crippen MR) is 78.4 cm³/mol. The van der Waals surface area contributed by atoms with E-state index in [-0.39, 0.29) is 5.91 Å². The van der Waals surface area contributed by atoms with E-state index in [4.69, 9.17) is 5.73 Å². The maximum absolute atomic E-state index is 11.9. The van der Waals surface area contributed by atoms with E-state index in [1.807, 2.05) is 6.92 Å². The summed E-state index contributed by atoms with van der Waals surface area (Å²) in [5, 5.41) is 8.65. The van der Waals surface area contributed by atoms with Crippen LogP contribution >= 0.6 is 0 Å². The van der Waals surface area contributed by atoms with Gasteiger partial charge in [0.05, 0.1) is 0 Å². The summed E-state index contributed by atoms with van der Waals surface area (Å²) in [6.07, 6.45) is 2.34. The van der Waals surface area contributed by atoms with Crippen LogP contribution < -0.4 is 21.7 Å². The highest BCUT2D eigenvalue weighted by Crippen LogP contribution is 1.97. The van der Waals surface area contributed by atoms with Gasteiger partial charge >= 0.3 is 6.03 Å². The van der Waals surface area contributed by atoms with E-state index in [1.165, 1.54) is 0 Å². The third kappa shape index (κ3) is 6.72. The first-order valence-electron chi connectivity index (χ1n) is 7.40. The Morgan fingerprint density at radius 3 is 2.65 bits per heavy atom. The van der Waals surface area contributed by atoms with Crippen molar-refractivity contribution in [2.75, 3.05) is 39.3 Å². The summed E-state index contributed by atoms with van der Waals surface area (Å²) in [5.41, 5.74) is 5.07. The lowest BCUT2D eigenvalue weighted by molar-refractivity contribution is -0.123. The molecule has 0 unspecified atom stereocenters. The molecule has 7 heteroatoms. The average molecular weight is 285 g/mol. The zero-order chi connectivity index (χ0) is 14.8. The lowest BCUT2D eigenvalue weighted by Crippen LogP contribution is -2.49. The monoisotopic (exact) mass is 285 g/mol. The molecule has 1 fully saturated rings. The summed E-state index contributed by atoms with van der Waals surface area (Å²) in [6, 6.07) is -1.17. The van der Waals surface area contributed by atoms with E-state index in [9.17, 15) is 9.59 Å². The second-order valence-corrected chi connectivity index (χ2v) is 5.09. The van der Waals surface area contributed by atoms with Crippen LogP contribution in [0.3, 0.4) is 0 Å². The Labute approximate surface area is 120 Å². The minimum absolute atomic E-state index is 0.147. The van der Waals surface area contributed by atoms with Gasteiger partial charge in [-0.1, -0.05) is 13.3 Å². The minimum atomic E-state index is -0.653. The van der Waals surface area contributed by atoms with Crippen molar-refractivity contribution in [3.8, 4) is 0 Å². The highest BCUT2D eigenvalue weighted by Gasteiger charge is 2.18. The molecule has 7 nitrogen and oxygen atoms in total. The third-order valence-electron chi connectivity index (χ3n) is 3.37. The first-order chi connectivity index (χ1) is 9.63. The van der Waals surface area contributed by atoms with Gasteiger partial charge in [-0.05, 0) is 19.4 Å². The number of urea groups is 1. The smallest absolute Gasteiger partial charge is 0.312 e. The normalized spacial score (nSPS) is 17.4. The van der Waals surface area contributed by atoms with Crippen molar-refractivity contribution in [1.82, 2.24) is 20.9 Å². The summed E-state index contributed by atoms with van der Waals surface area (Å²) in [7, 11) is 0. The van der Waals surface area contributed by atoms with Gasteiger partial charge < -0.3 is 26.6 Å². The van der Waals surface area contributed by atoms with Crippen molar-refractivity contribution in [1.29, 1.82) is 0 Å². The number of primary amides is 1. The largest absolute Gasteiger partial charge is 0.354 e. The molecule has 1 aliphatic rings. The maximum Gasteiger partial charge on any atom is 0.312 e. The van der Waals surface area contributed by atoms with Gasteiger partial charge in [0.1, 0.15) is 6.04 Å². The van der Waals surface area contributed by atoms with Crippen molar-refractivity contribution < 1.29 is 9.59 Å². The van der Waals surface area contributed by atoms with E-state index in [2.05, 4.69) is 20.9 Å². The van der Waals surface area contributed by atoms with Crippen LogP contribution in [-0.2, 0) is 4.79 Å². The van der Waals surface area contributed by atoms with Gasteiger partial charge in [0.25, 0.3) is 0 Å². The van der Waals surface area contributed by atoms with Crippen LogP contribution in [-0.4, -0.2) is 62.1 Å². The Morgan fingerprint density at radius 2 is 2.05 bits per heavy atom. The van der Waals surface area contributed by atoms with Gasteiger partial charge in [-0.15, -0.1) is 0 Å². The fourth-order valence-electron chi connectivity index (χ4n) is 2.30. The number of hydrogen-bond donors (Lipinski definition) is 4. The Hall–Kier alpha value is -1.34. The van der Waals surface area contributed by atoms with Crippen LogP contribution in [0.25, 0.3) is 0 Å². The van der Waals surface area contributed by atoms with E-state index in [0.29, 0.717) is 13.0 Å². The molecule has 1 atom stereocenters. The van der Waals surface area contributed by atoms with Crippen LogP contribution in [0.4, 0.5) is 4.79 Å². The van der Waals surface area contributed by atoms with Crippen molar-refractivity contribution in [3.63, 3.8) is 0 Å². The highest BCUT2D eigenvalue weighted by molar-refractivity contribution is 5.86. The molecule has 0 aliphatic carbocycles. The van der Waals surface area contributed by atoms with Crippen molar-refractivity contribution >= 4 is 11.9 Å². The Bertz CT molecular complexity index is 305. The number of nitrogens with two attached hydrogens (primary N) is 1. The zero-order valence-electron chi connectivity index (χ0n) is 12.3. The Balaban J connectivity index is 2.17. The number of carbonyl (C=O) groups excluding carboxylic acids is 2. The van der Waals surface area contributed by atoms with Crippen molar-refractivity contribution in [3.05, 3.63) is 0 Å². The fourth-order valence-corrected chi connectivity index (χ4v) is 2.30. The lowest BCUT2D eigenvalue weighted by atomic mass is 10.1. The number of rotatable bonds is 8. The summed E-state index contributed by atoms with van der Waals surface area (Å²) in [5.74, 6) is -0.147. The molecule has 3 amide bonds. The predicted octanol–water partition coefficient (Wildman–Crippen LogP) is -0.765. The second-order valence-electron chi connectivity index (χ2n) is 5.09. The van der Waals surface area contributed by atoms with Crippen LogP contribution in [0.5, 0.6) is 0 Å². The number of nitrogens with one attached hydrogen (secondary N) is 3. The first kappa shape index (κ1) is 16.7. The van der Waals surface area contributed by atoms with Gasteiger partial charge in [0.2, 0.25) is 5.91 Å². The first-order valence-corrected chi connectivity index (χ1v) is 7.40. The molecule has 0 aromatic rings. The molecule has 1 heterocycles. The van der Waals surface area contributed by atoms with Crippen LogP contribution in [0, 0.1) is 0 Å². The second kappa shape index (κ2) is 9.55. The highest BCUT2D eigenvalue weighted by atomic mass is 16.2. The minimum Gasteiger partial charge on any atom is -0.354 e.